The van der Waals surface area contributed by atoms with Gasteiger partial charge in [0.1, 0.15) is 0 Å². The third kappa shape index (κ3) is 4.30. The van der Waals surface area contributed by atoms with Crippen LogP contribution in [0, 0.1) is 6.92 Å². The number of aryl methyl sites for hydroxylation is 1. The molecule has 2 aromatic heterocycles. The first-order chi connectivity index (χ1) is 13.7. The minimum Gasteiger partial charge on any atom is -0.379 e. The highest BCUT2D eigenvalue weighted by Gasteiger charge is 2.18. The molecule has 4 rings (SSSR count). The number of nitrogens with one attached hydrogen (secondary N) is 1. The molecular weight excluding hydrogens is 374 g/mol. The maximum absolute atomic E-state index is 12.7. The fourth-order valence-electron chi connectivity index (χ4n) is 3.13. The first-order valence-electron chi connectivity index (χ1n) is 9.37. The molecule has 1 N–H and O–H groups in total. The van der Waals surface area contributed by atoms with E-state index in [1.54, 1.807) is 4.68 Å². The molecule has 3 heterocycles. The van der Waals surface area contributed by atoms with Crippen molar-refractivity contribution in [3.63, 3.8) is 0 Å². The number of hydrogen-bond acceptors (Lipinski definition) is 6. The average molecular weight is 398 g/mol. The van der Waals surface area contributed by atoms with Crippen molar-refractivity contribution in [3.8, 4) is 16.4 Å². The molecule has 1 aliphatic heterocycles. The quantitative estimate of drug-likeness (QED) is 0.691. The van der Waals surface area contributed by atoms with Crippen molar-refractivity contribution in [2.24, 2.45) is 0 Å². The predicted octanol–water partition coefficient (Wildman–Crippen LogP) is 2.37. The summed E-state index contributed by atoms with van der Waals surface area (Å²) < 4.78 is 7.11. The van der Waals surface area contributed by atoms with Gasteiger partial charge >= 0.3 is 0 Å². The highest BCUT2D eigenvalue weighted by atomic mass is 32.1. The van der Waals surface area contributed by atoms with Crippen LogP contribution in [0.4, 0.5) is 0 Å². The highest BCUT2D eigenvalue weighted by molar-refractivity contribution is 7.12. The standard InChI is InChI=1S/C20H23N5O2S/c1-15-14-28-20(22-15)25-18(16-5-3-2-4-6-16)13-17(23-25)19(26)21-7-8-24-9-11-27-12-10-24/h2-6,13-14H,7-12H2,1H3,(H,21,26). The Morgan fingerprint density at radius 3 is 2.75 bits per heavy atom. The summed E-state index contributed by atoms with van der Waals surface area (Å²) >= 11 is 1.51. The Morgan fingerprint density at radius 1 is 1.25 bits per heavy atom. The normalized spacial score (nSPS) is 14.9. The zero-order valence-corrected chi connectivity index (χ0v) is 16.6. The van der Waals surface area contributed by atoms with Gasteiger partial charge in [0.2, 0.25) is 5.13 Å². The van der Waals surface area contributed by atoms with Crippen LogP contribution in [0.2, 0.25) is 0 Å². The largest absolute Gasteiger partial charge is 0.379 e. The van der Waals surface area contributed by atoms with Gasteiger partial charge in [-0.1, -0.05) is 30.3 Å². The number of ether oxygens (including phenoxy) is 1. The van der Waals surface area contributed by atoms with E-state index in [1.807, 2.05) is 48.7 Å². The summed E-state index contributed by atoms with van der Waals surface area (Å²) in [5.74, 6) is -0.169. The highest BCUT2D eigenvalue weighted by Crippen LogP contribution is 2.25. The van der Waals surface area contributed by atoms with Gasteiger partial charge in [-0.05, 0) is 13.0 Å². The van der Waals surface area contributed by atoms with Gasteiger partial charge in [0.15, 0.2) is 5.69 Å². The Balaban J connectivity index is 1.52. The second kappa shape index (κ2) is 8.64. The Bertz CT molecular complexity index is 931. The molecule has 146 valence electrons. The van der Waals surface area contributed by atoms with Gasteiger partial charge in [0, 0.05) is 37.1 Å². The topological polar surface area (TPSA) is 72.3 Å². The van der Waals surface area contributed by atoms with Crippen molar-refractivity contribution in [1.82, 2.24) is 25.0 Å². The molecule has 1 fully saturated rings. The van der Waals surface area contributed by atoms with Crippen molar-refractivity contribution in [1.29, 1.82) is 0 Å². The van der Waals surface area contributed by atoms with E-state index in [2.05, 4.69) is 20.3 Å². The van der Waals surface area contributed by atoms with Crippen LogP contribution in [-0.4, -0.2) is 65.0 Å². The number of aromatic nitrogens is 3. The van der Waals surface area contributed by atoms with E-state index >= 15 is 0 Å². The molecule has 0 unspecified atom stereocenters. The number of hydrogen-bond donors (Lipinski definition) is 1. The maximum Gasteiger partial charge on any atom is 0.271 e. The van der Waals surface area contributed by atoms with Crippen LogP contribution in [0.3, 0.4) is 0 Å². The Hall–Kier alpha value is -2.55. The lowest BCUT2D eigenvalue weighted by Gasteiger charge is -2.26. The van der Waals surface area contributed by atoms with Crippen molar-refractivity contribution >= 4 is 17.2 Å². The summed E-state index contributed by atoms with van der Waals surface area (Å²) in [5, 5.41) is 10.3. The number of thiazole rings is 1. The molecule has 0 aliphatic carbocycles. The van der Waals surface area contributed by atoms with Crippen molar-refractivity contribution in [2.45, 2.75) is 6.92 Å². The SMILES string of the molecule is Cc1csc(-n2nc(C(=O)NCCN3CCOCC3)cc2-c2ccccc2)n1. The van der Waals surface area contributed by atoms with E-state index in [0.29, 0.717) is 12.2 Å². The summed E-state index contributed by atoms with van der Waals surface area (Å²) in [5.41, 5.74) is 3.18. The van der Waals surface area contributed by atoms with Crippen molar-refractivity contribution < 1.29 is 9.53 Å². The molecular formula is C20H23N5O2S. The summed E-state index contributed by atoms with van der Waals surface area (Å²) in [4.78, 5) is 19.5. The van der Waals surface area contributed by atoms with E-state index in [9.17, 15) is 4.79 Å². The molecule has 0 saturated carbocycles. The average Bonchev–Trinajstić information content (AvgIpc) is 3.36. The second-order valence-corrected chi connectivity index (χ2v) is 7.51. The first-order valence-corrected chi connectivity index (χ1v) is 10.2. The van der Waals surface area contributed by atoms with Crippen LogP contribution >= 0.6 is 11.3 Å². The number of benzene rings is 1. The zero-order chi connectivity index (χ0) is 19.3. The Morgan fingerprint density at radius 2 is 2.04 bits per heavy atom. The number of carbonyl (C=O) groups is 1. The molecule has 1 amide bonds. The van der Waals surface area contributed by atoms with Crippen LogP contribution in [0.25, 0.3) is 16.4 Å². The monoisotopic (exact) mass is 397 g/mol. The lowest BCUT2D eigenvalue weighted by Crippen LogP contribution is -2.41. The van der Waals surface area contributed by atoms with Crippen LogP contribution in [0.15, 0.2) is 41.8 Å². The van der Waals surface area contributed by atoms with Crippen LogP contribution in [0.5, 0.6) is 0 Å². The number of morpholine rings is 1. The van der Waals surface area contributed by atoms with Gasteiger partial charge in [0.05, 0.1) is 24.6 Å². The molecule has 8 heteroatoms. The summed E-state index contributed by atoms with van der Waals surface area (Å²) in [6.45, 7) is 6.68. The summed E-state index contributed by atoms with van der Waals surface area (Å²) in [6.07, 6.45) is 0. The molecule has 0 atom stereocenters. The minimum atomic E-state index is -0.169. The first kappa shape index (κ1) is 18.8. The molecule has 1 aromatic carbocycles. The van der Waals surface area contributed by atoms with Gasteiger partial charge in [-0.2, -0.15) is 5.10 Å². The Labute approximate surface area is 168 Å². The van der Waals surface area contributed by atoms with Gasteiger partial charge < -0.3 is 10.1 Å². The minimum absolute atomic E-state index is 0.169. The van der Waals surface area contributed by atoms with Crippen LogP contribution < -0.4 is 5.32 Å². The van der Waals surface area contributed by atoms with E-state index in [4.69, 9.17) is 4.74 Å². The van der Waals surface area contributed by atoms with Gasteiger partial charge in [-0.25, -0.2) is 9.67 Å². The maximum atomic E-state index is 12.7. The second-order valence-electron chi connectivity index (χ2n) is 6.67. The lowest BCUT2D eigenvalue weighted by molar-refractivity contribution is 0.0383. The number of carbonyl (C=O) groups excluding carboxylic acids is 1. The predicted molar refractivity (Wildman–Crippen MR) is 109 cm³/mol. The molecule has 1 saturated heterocycles. The molecule has 7 nitrogen and oxygen atoms in total. The number of nitrogens with zero attached hydrogens (tertiary/aromatic N) is 4. The Kier molecular flexibility index (Phi) is 5.80. The van der Waals surface area contributed by atoms with Gasteiger partial charge in [0.25, 0.3) is 5.91 Å². The fraction of sp³-hybridized carbons (Fsp3) is 0.350. The van der Waals surface area contributed by atoms with Crippen molar-refractivity contribution in [3.05, 3.63) is 53.2 Å². The zero-order valence-electron chi connectivity index (χ0n) is 15.8. The van der Waals surface area contributed by atoms with Crippen LogP contribution in [-0.2, 0) is 4.74 Å². The number of rotatable bonds is 6. The number of amides is 1. The smallest absolute Gasteiger partial charge is 0.271 e. The molecule has 1 aliphatic rings. The summed E-state index contributed by atoms with van der Waals surface area (Å²) in [7, 11) is 0. The lowest BCUT2D eigenvalue weighted by atomic mass is 10.1. The fourth-order valence-corrected chi connectivity index (χ4v) is 3.90. The molecule has 28 heavy (non-hydrogen) atoms. The van der Waals surface area contributed by atoms with E-state index in [-0.39, 0.29) is 5.91 Å². The molecule has 0 spiro atoms. The van der Waals surface area contributed by atoms with E-state index < -0.39 is 0 Å². The van der Waals surface area contributed by atoms with E-state index in [0.717, 1.165) is 54.9 Å². The van der Waals surface area contributed by atoms with E-state index in [1.165, 1.54) is 11.3 Å². The third-order valence-corrected chi connectivity index (χ3v) is 5.55. The molecule has 3 aromatic rings. The molecule has 0 radical (unpaired) electrons. The summed E-state index contributed by atoms with van der Waals surface area (Å²) in [6, 6.07) is 11.8. The third-order valence-electron chi connectivity index (χ3n) is 4.62. The van der Waals surface area contributed by atoms with Crippen LogP contribution in [0.1, 0.15) is 16.2 Å². The van der Waals surface area contributed by atoms with Gasteiger partial charge in [-0.15, -0.1) is 11.3 Å². The molecule has 0 bridgehead atoms. The van der Waals surface area contributed by atoms with Crippen molar-refractivity contribution in [2.75, 3.05) is 39.4 Å². The van der Waals surface area contributed by atoms with Gasteiger partial charge in [-0.3, -0.25) is 9.69 Å².